The van der Waals surface area contributed by atoms with E-state index in [1.54, 1.807) is 0 Å². The summed E-state index contributed by atoms with van der Waals surface area (Å²) in [4.78, 5) is 11.2. The molecule has 0 N–H and O–H groups in total. The molecule has 0 aliphatic rings. The van der Waals surface area contributed by atoms with Gasteiger partial charge >= 0.3 is 0 Å². The lowest BCUT2D eigenvalue weighted by Gasteiger charge is -2.29. The lowest BCUT2D eigenvalue weighted by Crippen LogP contribution is -3.00. The first kappa shape index (κ1) is 24.9. The molecule has 138 valence electrons. The van der Waals surface area contributed by atoms with E-state index in [1.807, 2.05) is 0 Å². The zero-order chi connectivity index (χ0) is 16.7. The van der Waals surface area contributed by atoms with E-state index in [2.05, 4.69) is 27.6 Å². The smallest absolute Gasteiger partial charge is 0.155 e. The fourth-order valence-electron chi connectivity index (χ4n) is 2.92. The number of ketones is 1. The molecule has 0 aromatic heterocycles. The molecule has 0 saturated carbocycles. The number of carbonyl (C=O) groups excluding carboxylic acids is 1. The van der Waals surface area contributed by atoms with Gasteiger partial charge in [-0.3, -0.25) is 4.79 Å². The third kappa shape index (κ3) is 17.8. The molecule has 0 aromatic rings. The molecule has 0 heterocycles. The molecular formula is C20H40ClNO. The number of hydrogen-bond acceptors (Lipinski definition) is 1. The minimum atomic E-state index is 0. The maximum Gasteiger partial charge on any atom is 0.155 e. The normalized spacial score (nSPS) is 11.1. The lowest BCUT2D eigenvalue weighted by atomic mass is 10.1. The highest BCUT2D eigenvalue weighted by Crippen LogP contribution is 2.12. The molecule has 0 radical (unpaired) electrons. The van der Waals surface area contributed by atoms with Crippen molar-refractivity contribution in [3.63, 3.8) is 0 Å². The molecule has 0 saturated heterocycles. The maximum atomic E-state index is 11.2. The first-order valence-electron chi connectivity index (χ1n) is 9.49. The maximum absolute atomic E-state index is 11.2. The van der Waals surface area contributed by atoms with Gasteiger partial charge in [-0.15, -0.1) is 0 Å². The number of halogens is 1. The number of hydrogen-bond donors (Lipinski definition) is 0. The van der Waals surface area contributed by atoms with E-state index in [9.17, 15) is 4.79 Å². The summed E-state index contributed by atoms with van der Waals surface area (Å²) in [5.41, 5.74) is 0. The first-order chi connectivity index (χ1) is 10.5. The Labute approximate surface area is 151 Å². The molecule has 3 heteroatoms. The minimum Gasteiger partial charge on any atom is -1.00 e. The number of carbonyl (C=O) groups is 1. The van der Waals surface area contributed by atoms with Gasteiger partial charge < -0.3 is 16.9 Å². The van der Waals surface area contributed by atoms with Crippen LogP contribution in [0.25, 0.3) is 0 Å². The van der Waals surface area contributed by atoms with Crippen LogP contribution in [0.5, 0.6) is 0 Å². The van der Waals surface area contributed by atoms with Gasteiger partial charge in [0.05, 0.1) is 27.2 Å². The second-order valence-electron chi connectivity index (χ2n) is 7.34. The van der Waals surface area contributed by atoms with Gasteiger partial charge in [0.1, 0.15) is 0 Å². The zero-order valence-electron chi connectivity index (χ0n) is 15.9. The number of rotatable bonds is 16. The van der Waals surface area contributed by atoms with E-state index < -0.39 is 0 Å². The average Bonchev–Trinajstić information content (AvgIpc) is 2.48. The molecular weight excluding hydrogens is 306 g/mol. The lowest BCUT2D eigenvalue weighted by molar-refractivity contribution is -0.890. The van der Waals surface area contributed by atoms with Crippen LogP contribution in [0.2, 0.25) is 0 Å². The Hall–Kier alpha value is -0.340. The van der Waals surface area contributed by atoms with Gasteiger partial charge in [0.25, 0.3) is 0 Å². The summed E-state index contributed by atoms with van der Waals surface area (Å²) in [5, 5.41) is 0. The fraction of sp³-hybridized carbons (Fsp3) is 0.850. The van der Waals surface area contributed by atoms with Crippen molar-refractivity contribution >= 4 is 5.78 Å². The molecule has 0 spiro atoms. The van der Waals surface area contributed by atoms with Crippen molar-refractivity contribution in [2.24, 2.45) is 0 Å². The Morgan fingerprint density at radius 3 is 1.74 bits per heavy atom. The SMILES string of the molecule is C=CC(=O)CCC[N+](C)(C)CCCCCCCCCCCC.[Cl-]. The van der Waals surface area contributed by atoms with Crippen molar-refractivity contribution in [2.45, 2.75) is 84.0 Å². The van der Waals surface area contributed by atoms with Crippen LogP contribution in [0.1, 0.15) is 84.0 Å². The summed E-state index contributed by atoms with van der Waals surface area (Å²) >= 11 is 0. The summed E-state index contributed by atoms with van der Waals surface area (Å²) in [6.45, 7) is 8.13. The van der Waals surface area contributed by atoms with Gasteiger partial charge in [0.2, 0.25) is 0 Å². The summed E-state index contributed by atoms with van der Waals surface area (Å²) in [6.07, 6.45) is 17.0. The Bertz CT molecular complexity index is 289. The zero-order valence-corrected chi connectivity index (χ0v) is 16.7. The van der Waals surface area contributed by atoms with Gasteiger partial charge in [0, 0.05) is 12.8 Å². The number of unbranched alkanes of at least 4 members (excludes halogenated alkanes) is 9. The second kappa shape index (κ2) is 16.5. The van der Waals surface area contributed by atoms with Crippen molar-refractivity contribution in [1.82, 2.24) is 0 Å². The van der Waals surface area contributed by atoms with Crippen LogP contribution in [0, 0.1) is 0 Å². The van der Waals surface area contributed by atoms with Crippen LogP contribution in [0.3, 0.4) is 0 Å². The van der Waals surface area contributed by atoms with Gasteiger partial charge in [-0.2, -0.15) is 0 Å². The van der Waals surface area contributed by atoms with Crippen LogP contribution in [0.4, 0.5) is 0 Å². The predicted molar refractivity (Wildman–Crippen MR) is 98.1 cm³/mol. The summed E-state index contributed by atoms with van der Waals surface area (Å²) in [5.74, 6) is 0.180. The van der Waals surface area contributed by atoms with E-state index in [0.717, 1.165) is 17.4 Å². The highest BCUT2D eigenvalue weighted by Gasteiger charge is 2.14. The van der Waals surface area contributed by atoms with Crippen molar-refractivity contribution in [3.8, 4) is 0 Å². The molecule has 0 atom stereocenters. The predicted octanol–water partition coefficient (Wildman–Crippen LogP) is 2.52. The number of nitrogens with zero attached hydrogens (tertiary/aromatic N) is 1. The number of allylic oxidation sites excluding steroid dienone is 1. The molecule has 0 amide bonds. The summed E-state index contributed by atoms with van der Waals surface area (Å²) in [7, 11) is 4.57. The molecule has 0 fully saturated rings. The second-order valence-corrected chi connectivity index (χ2v) is 7.34. The molecule has 0 bridgehead atoms. The average molecular weight is 346 g/mol. The van der Waals surface area contributed by atoms with Gasteiger partial charge in [-0.1, -0.05) is 64.9 Å². The van der Waals surface area contributed by atoms with Crippen LogP contribution in [0.15, 0.2) is 12.7 Å². The van der Waals surface area contributed by atoms with Gasteiger partial charge in [-0.25, -0.2) is 0 Å². The Kier molecular flexibility index (Phi) is 17.9. The van der Waals surface area contributed by atoms with Crippen LogP contribution < -0.4 is 12.4 Å². The monoisotopic (exact) mass is 345 g/mol. The highest BCUT2D eigenvalue weighted by atomic mass is 35.5. The Balaban J connectivity index is 0. The third-order valence-electron chi connectivity index (χ3n) is 4.53. The molecule has 2 nitrogen and oxygen atoms in total. The van der Waals surface area contributed by atoms with Crippen LogP contribution in [-0.4, -0.2) is 37.5 Å². The molecule has 0 unspecified atom stereocenters. The van der Waals surface area contributed by atoms with Crippen molar-refractivity contribution < 1.29 is 21.7 Å². The Morgan fingerprint density at radius 2 is 1.26 bits per heavy atom. The highest BCUT2D eigenvalue weighted by molar-refractivity contribution is 5.88. The van der Waals surface area contributed by atoms with Gasteiger partial charge in [-0.05, 0) is 18.9 Å². The first-order valence-corrected chi connectivity index (χ1v) is 9.49. The summed E-state index contributed by atoms with van der Waals surface area (Å²) in [6, 6.07) is 0. The van der Waals surface area contributed by atoms with Crippen LogP contribution >= 0.6 is 0 Å². The molecule has 0 aliphatic heterocycles. The molecule has 0 aliphatic carbocycles. The quantitative estimate of drug-likeness (QED) is 0.239. The summed E-state index contributed by atoms with van der Waals surface area (Å²) < 4.78 is 1.04. The van der Waals surface area contributed by atoms with E-state index in [4.69, 9.17) is 0 Å². The standard InChI is InChI=1S/C20H40NO.ClH/c1-5-7-8-9-10-11-12-13-14-15-18-21(3,4)19-16-17-20(22)6-2;/h6H,2,5,7-19H2,1,3-4H3;1H/q+1;/p-1. The molecule has 0 rings (SSSR count). The largest absolute Gasteiger partial charge is 1.00 e. The van der Waals surface area contributed by atoms with E-state index in [0.29, 0.717) is 6.42 Å². The van der Waals surface area contributed by atoms with E-state index in [1.165, 1.54) is 76.8 Å². The van der Waals surface area contributed by atoms with Crippen molar-refractivity contribution in [3.05, 3.63) is 12.7 Å². The topological polar surface area (TPSA) is 17.1 Å². The molecule has 23 heavy (non-hydrogen) atoms. The van der Waals surface area contributed by atoms with Crippen LogP contribution in [-0.2, 0) is 4.79 Å². The van der Waals surface area contributed by atoms with Gasteiger partial charge in [0.15, 0.2) is 5.78 Å². The van der Waals surface area contributed by atoms with Crippen molar-refractivity contribution in [2.75, 3.05) is 27.2 Å². The third-order valence-corrected chi connectivity index (χ3v) is 4.53. The number of quaternary nitrogens is 1. The minimum absolute atomic E-state index is 0. The molecule has 0 aromatic carbocycles. The Morgan fingerprint density at radius 1 is 0.826 bits per heavy atom. The fourth-order valence-corrected chi connectivity index (χ4v) is 2.92. The van der Waals surface area contributed by atoms with Crippen molar-refractivity contribution in [1.29, 1.82) is 0 Å². The van der Waals surface area contributed by atoms with E-state index >= 15 is 0 Å². The van der Waals surface area contributed by atoms with E-state index in [-0.39, 0.29) is 18.2 Å².